The topological polar surface area (TPSA) is 81.5 Å². The van der Waals surface area contributed by atoms with E-state index in [0.717, 1.165) is 44.4 Å². The van der Waals surface area contributed by atoms with Crippen molar-refractivity contribution in [3.63, 3.8) is 0 Å². The van der Waals surface area contributed by atoms with Crippen LogP contribution in [0.2, 0.25) is 0 Å². The van der Waals surface area contributed by atoms with E-state index in [1.165, 1.54) is 0 Å². The van der Waals surface area contributed by atoms with E-state index in [9.17, 15) is 9.90 Å². The minimum absolute atomic E-state index is 0.327. The Kier molecular flexibility index (Phi) is 7.54. The molecule has 1 N–H and O–H groups in total. The van der Waals surface area contributed by atoms with Gasteiger partial charge in [-0.1, -0.05) is 19.1 Å². The molecule has 0 aliphatic rings. The number of carbonyl (C=O) groups is 1. The van der Waals surface area contributed by atoms with Gasteiger partial charge in [-0.25, -0.2) is 14.8 Å². The zero-order chi connectivity index (χ0) is 21.5. The number of aryl methyl sites for hydroxylation is 2. The lowest BCUT2D eigenvalue weighted by Crippen LogP contribution is -2.26. The van der Waals surface area contributed by atoms with Gasteiger partial charge in [-0.2, -0.15) is 0 Å². The van der Waals surface area contributed by atoms with Crippen molar-refractivity contribution in [3.05, 3.63) is 64.3 Å². The summed E-state index contributed by atoms with van der Waals surface area (Å²) in [5.74, 6) is 0.521. The Labute approximate surface area is 180 Å². The number of carboxylic acids is 1. The van der Waals surface area contributed by atoms with E-state index in [4.69, 9.17) is 9.47 Å². The minimum atomic E-state index is -0.950. The summed E-state index contributed by atoms with van der Waals surface area (Å²) in [6, 6.07) is 9.56. The summed E-state index contributed by atoms with van der Waals surface area (Å²) >= 11 is 1.63. The third kappa shape index (κ3) is 5.64. The summed E-state index contributed by atoms with van der Waals surface area (Å²) in [4.78, 5) is 22.3. The molecule has 0 amide bonds. The van der Waals surface area contributed by atoms with Gasteiger partial charge in [0.05, 0.1) is 4.88 Å². The molecule has 0 saturated heterocycles. The maximum Gasteiger partial charge on any atom is 0.333 e. The van der Waals surface area contributed by atoms with Gasteiger partial charge in [-0.15, -0.1) is 11.3 Å². The highest BCUT2D eigenvalue weighted by molar-refractivity contribution is 7.15. The summed E-state index contributed by atoms with van der Waals surface area (Å²) in [6.45, 7) is 6.76. The van der Waals surface area contributed by atoms with E-state index >= 15 is 0 Å². The number of hydrogen-bond acceptors (Lipinski definition) is 6. The van der Waals surface area contributed by atoms with E-state index in [-0.39, 0.29) is 0 Å². The number of nitrogens with zero attached hydrogens (tertiary/aromatic N) is 2. The van der Waals surface area contributed by atoms with Crippen LogP contribution in [0.5, 0.6) is 5.75 Å². The molecular weight excluding hydrogens is 400 g/mol. The second-order valence-corrected chi connectivity index (χ2v) is 8.04. The summed E-state index contributed by atoms with van der Waals surface area (Å²) in [6.07, 6.45) is 4.16. The summed E-state index contributed by atoms with van der Waals surface area (Å²) < 4.78 is 11.2. The smallest absolute Gasteiger partial charge is 0.333 e. The van der Waals surface area contributed by atoms with Crippen LogP contribution in [0.15, 0.2) is 42.7 Å². The van der Waals surface area contributed by atoms with Crippen molar-refractivity contribution in [3.8, 4) is 16.5 Å². The Balaban J connectivity index is 1.61. The third-order valence-electron chi connectivity index (χ3n) is 4.71. The Morgan fingerprint density at radius 2 is 1.83 bits per heavy atom. The monoisotopic (exact) mass is 426 g/mol. The average Bonchev–Trinajstić information content (AvgIpc) is 3.13. The molecule has 1 unspecified atom stereocenters. The van der Waals surface area contributed by atoms with Gasteiger partial charge in [0.1, 0.15) is 12.4 Å². The standard InChI is InChI=1S/C23H26N2O4S/c1-4-16-12-24-22(25-13-16)20-10-15(3)21(30-20)14-29-18-8-6-17(7-9-18)11-19(23(26)27)28-5-2/h6-10,12-13,19H,4-5,11,14H2,1-3H3,(H,26,27). The first-order valence-corrected chi connectivity index (χ1v) is 10.8. The van der Waals surface area contributed by atoms with E-state index in [1.807, 2.05) is 36.7 Å². The second-order valence-electron chi connectivity index (χ2n) is 6.90. The van der Waals surface area contributed by atoms with Crippen molar-refractivity contribution >= 4 is 17.3 Å². The Morgan fingerprint density at radius 1 is 1.13 bits per heavy atom. The number of rotatable bonds is 10. The molecule has 30 heavy (non-hydrogen) atoms. The Hall–Kier alpha value is -2.77. The molecule has 0 radical (unpaired) electrons. The Morgan fingerprint density at radius 3 is 2.43 bits per heavy atom. The number of carboxylic acid groups (broad SMARTS) is 1. The van der Waals surface area contributed by atoms with Crippen molar-refractivity contribution in [1.29, 1.82) is 0 Å². The number of benzene rings is 1. The molecular formula is C23H26N2O4S. The molecule has 0 aliphatic carbocycles. The highest BCUT2D eigenvalue weighted by Gasteiger charge is 2.18. The van der Waals surface area contributed by atoms with E-state index in [1.54, 1.807) is 18.3 Å². The predicted octanol–water partition coefficient (Wildman–Crippen LogP) is 4.69. The third-order valence-corrected chi connectivity index (χ3v) is 5.92. The van der Waals surface area contributed by atoms with Gasteiger partial charge >= 0.3 is 5.97 Å². The van der Waals surface area contributed by atoms with E-state index < -0.39 is 12.1 Å². The quantitative estimate of drug-likeness (QED) is 0.507. The van der Waals surface area contributed by atoms with E-state index in [0.29, 0.717) is 19.6 Å². The molecule has 2 heterocycles. The first-order valence-electron chi connectivity index (χ1n) is 9.96. The molecule has 0 fully saturated rings. The normalized spacial score (nSPS) is 12.0. The zero-order valence-electron chi connectivity index (χ0n) is 17.4. The highest BCUT2D eigenvalue weighted by Crippen LogP contribution is 2.30. The first-order chi connectivity index (χ1) is 14.5. The van der Waals surface area contributed by atoms with Gasteiger partial charge in [0.2, 0.25) is 0 Å². The first kappa shape index (κ1) is 21.9. The van der Waals surface area contributed by atoms with Crippen molar-refractivity contribution in [2.45, 2.75) is 46.3 Å². The van der Waals surface area contributed by atoms with Crippen LogP contribution in [-0.4, -0.2) is 33.8 Å². The minimum Gasteiger partial charge on any atom is -0.488 e. The maximum atomic E-state index is 11.2. The van der Waals surface area contributed by atoms with Crippen LogP contribution in [0, 0.1) is 6.92 Å². The van der Waals surface area contributed by atoms with Gasteiger partial charge in [-0.3, -0.25) is 0 Å². The predicted molar refractivity (Wildman–Crippen MR) is 117 cm³/mol. The fourth-order valence-corrected chi connectivity index (χ4v) is 3.98. The van der Waals surface area contributed by atoms with Gasteiger partial charge in [0.15, 0.2) is 11.9 Å². The SMILES string of the molecule is CCOC(Cc1ccc(OCc2sc(-c3ncc(CC)cn3)cc2C)cc1)C(=O)O. The molecule has 158 valence electrons. The molecule has 0 spiro atoms. The molecule has 2 aromatic heterocycles. The molecule has 0 bridgehead atoms. The van der Waals surface area contributed by atoms with Crippen molar-refractivity contribution in [2.24, 2.45) is 0 Å². The molecule has 6 nitrogen and oxygen atoms in total. The summed E-state index contributed by atoms with van der Waals surface area (Å²) in [5, 5.41) is 9.21. The van der Waals surface area contributed by atoms with Gasteiger partial charge in [-0.05, 0) is 55.2 Å². The fourth-order valence-electron chi connectivity index (χ4n) is 2.94. The number of aromatic nitrogens is 2. The van der Waals surface area contributed by atoms with Gasteiger partial charge in [0, 0.05) is 30.3 Å². The molecule has 1 aromatic carbocycles. The van der Waals surface area contributed by atoms with Crippen LogP contribution in [0.25, 0.3) is 10.7 Å². The van der Waals surface area contributed by atoms with Crippen molar-refractivity contribution < 1.29 is 19.4 Å². The molecule has 0 aliphatic heterocycles. The molecule has 3 rings (SSSR count). The average molecular weight is 427 g/mol. The van der Waals surface area contributed by atoms with Gasteiger partial charge in [0.25, 0.3) is 0 Å². The van der Waals surface area contributed by atoms with Crippen molar-refractivity contribution in [2.75, 3.05) is 6.61 Å². The zero-order valence-corrected chi connectivity index (χ0v) is 18.2. The molecule has 1 atom stereocenters. The van der Waals surface area contributed by atoms with Crippen LogP contribution >= 0.6 is 11.3 Å². The lowest BCUT2D eigenvalue weighted by Gasteiger charge is -2.13. The van der Waals surface area contributed by atoms with Crippen molar-refractivity contribution in [1.82, 2.24) is 9.97 Å². The number of hydrogen-bond donors (Lipinski definition) is 1. The van der Waals surface area contributed by atoms with Gasteiger partial charge < -0.3 is 14.6 Å². The van der Waals surface area contributed by atoms with Crippen LogP contribution in [0.4, 0.5) is 0 Å². The lowest BCUT2D eigenvalue weighted by atomic mass is 10.1. The molecule has 7 heteroatoms. The number of aliphatic carboxylic acids is 1. The fraction of sp³-hybridized carbons (Fsp3) is 0.348. The van der Waals surface area contributed by atoms with Crippen LogP contribution in [0.1, 0.15) is 35.4 Å². The highest BCUT2D eigenvalue weighted by atomic mass is 32.1. The van der Waals surface area contributed by atoms with Crippen LogP contribution < -0.4 is 4.74 Å². The molecule has 3 aromatic rings. The largest absolute Gasteiger partial charge is 0.488 e. The Bertz CT molecular complexity index is 968. The van der Waals surface area contributed by atoms with Crippen LogP contribution in [0.3, 0.4) is 0 Å². The van der Waals surface area contributed by atoms with E-state index in [2.05, 4.69) is 29.9 Å². The lowest BCUT2D eigenvalue weighted by molar-refractivity contribution is -0.149. The molecule has 0 saturated carbocycles. The second kappa shape index (κ2) is 10.3. The summed E-state index contributed by atoms with van der Waals surface area (Å²) in [7, 11) is 0. The number of thiophene rings is 1. The summed E-state index contributed by atoms with van der Waals surface area (Å²) in [5.41, 5.74) is 3.16. The van der Waals surface area contributed by atoms with Crippen LogP contribution in [-0.2, 0) is 29.0 Å². The number of ether oxygens (including phenoxy) is 2. The maximum absolute atomic E-state index is 11.2.